The molecule has 0 saturated heterocycles. The highest BCUT2D eigenvalue weighted by molar-refractivity contribution is 7.99. The van der Waals surface area contributed by atoms with Crippen molar-refractivity contribution in [2.24, 2.45) is 0 Å². The summed E-state index contributed by atoms with van der Waals surface area (Å²) in [5, 5.41) is 1.11. The highest BCUT2D eigenvalue weighted by Gasteiger charge is 2.36. The van der Waals surface area contributed by atoms with E-state index in [9.17, 15) is 9.59 Å². The molecule has 0 amide bonds. The van der Waals surface area contributed by atoms with E-state index >= 15 is 0 Å². The molecule has 4 rings (SSSR count). The largest absolute Gasteiger partial charge is 0.293 e. The molecule has 0 atom stereocenters. The Labute approximate surface area is 191 Å². The van der Waals surface area contributed by atoms with E-state index in [0.29, 0.717) is 22.3 Å². The molecule has 1 aliphatic carbocycles. The zero-order valence-electron chi connectivity index (χ0n) is 17.5. The maximum Gasteiger partial charge on any atom is 0.258 e. The standard InChI is InChI=1S/C25H23ClN2O2S/c1-4-13-28-23(30)21-22(19-8-6-5-7-17(19)14-25(21,2)3)27-24(28)31-15-20(29)16-9-11-18(26)12-10-16/h4-12H,1,13-15H2,2-3H3. The smallest absolute Gasteiger partial charge is 0.258 e. The highest BCUT2D eigenvalue weighted by Crippen LogP contribution is 2.40. The number of benzene rings is 2. The monoisotopic (exact) mass is 450 g/mol. The van der Waals surface area contributed by atoms with Gasteiger partial charge in [-0.05, 0) is 36.2 Å². The molecule has 0 radical (unpaired) electrons. The van der Waals surface area contributed by atoms with E-state index in [0.717, 1.165) is 23.2 Å². The molecule has 158 valence electrons. The van der Waals surface area contributed by atoms with Crippen molar-refractivity contribution in [1.29, 1.82) is 0 Å². The Morgan fingerprint density at radius 2 is 1.94 bits per heavy atom. The van der Waals surface area contributed by atoms with E-state index in [1.54, 1.807) is 34.9 Å². The second kappa shape index (κ2) is 8.48. The molecular weight excluding hydrogens is 428 g/mol. The molecule has 0 bridgehead atoms. The van der Waals surface area contributed by atoms with Crippen LogP contribution in [-0.4, -0.2) is 21.1 Å². The van der Waals surface area contributed by atoms with Gasteiger partial charge in [0.25, 0.3) is 5.56 Å². The Balaban J connectivity index is 1.77. The first kappa shape index (κ1) is 21.6. The lowest BCUT2D eigenvalue weighted by Crippen LogP contribution is -2.38. The van der Waals surface area contributed by atoms with Crippen LogP contribution in [0.3, 0.4) is 0 Å². The van der Waals surface area contributed by atoms with Crippen LogP contribution in [0.15, 0.2) is 71.1 Å². The summed E-state index contributed by atoms with van der Waals surface area (Å²) in [6, 6.07) is 14.9. The van der Waals surface area contributed by atoms with Crippen LogP contribution in [-0.2, 0) is 18.4 Å². The number of carbonyl (C=O) groups excluding carboxylic acids is 1. The molecule has 0 aliphatic heterocycles. The van der Waals surface area contributed by atoms with Gasteiger partial charge >= 0.3 is 0 Å². The number of aromatic nitrogens is 2. The fraction of sp³-hybridized carbons (Fsp3) is 0.240. The average molecular weight is 451 g/mol. The fourth-order valence-corrected chi connectivity index (χ4v) is 5.08. The lowest BCUT2D eigenvalue weighted by molar-refractivity contribution is 0.102. The molecule has 31 heavy (non-hydrogen) atoms. The minimum absolute atomic E-state index is 0.0421. The summed E-state index contributed by atoms with van der Waals surface area (Å²) in [6.07, 6.45) is 2.47. The normalized spacial score (nSPS) is 13.9. The van der Waals surface area contributed by atoms with Gasteiger partial charge in [-0.25, -0.2) is 4.98 Å². The lowest BCUT2D eigenvalue weighted by atomic mass is 9.72. The zero-order valence-corrected chi connectivity index (χ0v) is 19.1. The number of rotatable bonds is 6. The van der Waals surface area contributed by atoms with Gasteiger partial charge in [-0.3, -0.25) is 14.2 Å². The molecule has 0 saturated carbocycles. The first-order valence-electron chi connectivity index (χ1n) is 10.1. The number of fused-ring (bicyclic) bond motifs is 3. The number of allylic oxidation sites excluding steroid dienone is 1. The van der Waals surface area contributed by atoms with Gasteiger partial charge in [0.05, 0.1) is 11.4 Å². The molecule has 1 aliphatic rings. The van der Waals surface area contributed by atoms with Crippen LogP contribution in [0.4, 0.5) is 0 Å². The zero-order chi connectivity index (χ0) is 22.2. The molecule has 4 nitrogen and oxygen atoms in total. The van der Waals surface area contributed by atoms with Gasteiger partial charge in [-0.2, -0.15) is 0 Å². The van der Waals surface area contributed by atoms with Crippen molar-refractivity contribution in [1.82, 2.24) is 9.55 Å². The second-order valence-corrected chi connectivity index (χ2v) is 9.64. The van der Waals surface area contributed by atoms with Crippen molar-refractivity contribution >= 4 is 29.1 Å². The number of Topliss-reactive ketones (excluding diaryl/α,β-unsaturated/α-hetero) is 1. The third kappa shape index (κ3) is 4.12. The maximum absolute atomic E-state index is 13.6. The van der Waals surface area contributed by atoms with Crippen molar-refractivity contribution in [3.8, 4) is 11.3 Å². The van der Waals surface area contributed by atoms with Crippen LogP contribution in [0, 0.1) is 0 Å². The van der Waals surface area contributed by atoms with Gasteiger partial charge in [-0.1, -0.05) is 67.6 Å². The van der Waals surface area contributed by atoms with Crippen LogP contribution in [0.1, 0.15) is 35.3 Å². The summed E-state index contributed by atoms with van der Waals surface area (Å²) in [5.41, 5.74) is 3.80. The summed E-state index contributed by atoms with van der Waals surface area (Å²) >= 11 is 7.20. The Bertz CT molecular complexity index is 1230. The molecule has 0 N–H and O–H groups in total. The van der Waals surface area contributed by atoms with Crippen LogP contribution < -0.4 is 5.56 Å². The first-order chi connectivity index (χ1) is 14.8. The van der Waals surface area contributed by atoms with Crippen molar-refractivity contribution in [2.45, 2.75) is 37.4 Å². The van der Waals surface area contributed by atoms with E-state index in [1.807, 2.05) is 18.2 Å². The lowest BCUT2D eigenvalue weighted by Gasteiger charge is -2.33. The Hall–Kier alpha value is -2.63. The van der Waals surface area contributed by atoms with Crippen molar-refractivity contribution < 1.29 is 4.79 Å². The molecule has 0 spiro atoms. The van der Waals surface area contributed by atoms with E-state index in [2.05, 4.69) is 26.5 Å². The third-order valence-corrected chi connectivity index (χ3v) is 6.75. The number of carbonyl (C=O) groups is 1. The van der Waals surface area contributed by atoms with Crippen LogP contribution in [0.25, 0.3) is 11.3 Å². The molecule has 0 fully saturated rings. The van der Waals surface area contributed by atoms with Gasteiger partial charge < -0.3 is 0 Å². The molecule has 2 aromatic carbocycles. The van der Waals surface area contributed by atoms with Gasteiger partial charge in [0.15, 0.2) is 10.9 Å². The number of halogens is 1. The number of thioether (sulfide) groups is 1. The van der Waals surface area contributed by atoms with E-state index < -0.39 is 0 Å². The number of hydrogen-bond acceptors (Lipinski definition) is 4. The maximum atomic E-state index is 13.6. The molecule has 3 aromatic rings. The number of hydrogen-bond donors (Lipinski definition) is 0. The van der Waals surface area contributed by atoms with Gasteiger partial charge in [0.2, 0.25) is 0 Å². The Morgan fingerprint density at radius 3 is 2.65 bits per heavy atom. The summed E-state index contributed by atoms with van der Waals surface area (Å²) in [7, 11) is 0. The van der Waals surface area contributed by atoms with E-state index in [-0.39, 0.29) is 22.5 Å². The number of ketones is 1. The van der Waals surface area contributed by atoms with Crippen molar-refractivity contribution in [2.75, 3.05) is 5.75 Å². The molecule has 0 unspecified atom stereocenters. The van der Waals surface area contributed by atoms with E-state index in [1.165, 1.54) is 17.3 Å². The summed E-state index contributed by atoms with van der Waals surface area (Å²) < 4.78 is 1.63. The third-order valence-electron chi connectivity index (χ3n) is 5.53. The van der Waals surface area contributed by atoms with Gasteiger partial charge in [0.1, 0.15) is 0 Å². The SMILES string of the molecule is C=CCn1c(SCC(=O)c2ccc(Cl)cc2)nc2c(c1=O)C(C)(C)Cc1ccccc1-2. The second-order valence-electron chi connectivity index (χ2n) is 8.26. The Kier molecular flexibility index (Phi) is 5.91. The van der Waals surface area contributed by atoms with Crippen LogP contribution in [0.5, 0.6) is 0 Å². The van der Waals surface area contributed by atoms with Crippen molar-refractivity contribution in [3.05, 3.63) is 93.3 Å². The van der Waals surface area contributed by atoms with Gasteiger partial charge in [-0.15, -0.1) is 6.58 Å². The predicted molar refractivity (Wildman–Crippen MR) is 127 cm³/mol. The topological polar surface area (TPSA) is 52.0 Å². The van der Waals surface area contributed by atoms with Crippen LogP contribution >= 0.6 is 23.4 Å². The molecule has 6 heteroatoms. The predicted octanol–water partition coefficient (Wildman–Crippen LogP) is 5.56. The van der Waals surface area contributed by atoms with Gasteiger partial charge in [0, 0.05) is 33.7 Å². The average Bonchev–Trinajstić information content (AvgIpc) is 2.74. The summed E-state index contributed by atoms with van der Waals surface area (Å²) in [4.78, 5) is 31.2. The minimum Gasteiger partial charge on any atom is -0.293 e. The summed E-state index contributed by atoms with van der Waals surface area (Å²) in [6.45, 7) is 8.31. The van der Waals surface area contributed by atoms with Crippen LogP contribution in [0.2, 0.25) is 5.02 Å². The molecule has 1 aromatic heterocycles. The highest BCUT2D eigenvalue weighted by atomic mass is 35.5. The minimum atomic E-state index is -0.334. The van der Waals surface area contributed by atoms with Crippen molar-refractivity contribution in [3.63, 3.8) is 0 Å². The quantitative estimate of drug-likeness (QED) is 0.213. The Morgan fingerprint density at radius 1 is 1.23 bits per heavy atom. The molecular formula is C25H23ClN2O2S. The fourth-order valence-electron chi connectivity index (χ4n) is 4.06. The van der Waals surface area contributed by atoms with E-state index in [4.69, 9.17) is 16.6 Å². The number of nitrogens with zero attached hydrogens (tertiary/aromatic N) is 2. The molecule has 1 heterocycles. The summed E-state index contributed by atoms with van der Waals surface area (Å²) in [5.74, 6) is 0.134. The first-order valence-corrected chi connectivity index (χ1v) is 11.4.